The van der Waals surface area contributed by atoms with E-state index in [0.717, 1.165) is 23.1 Å². The highest BCUT2D eigenvalue weighted by Gasteiger charge is 2.44. The number of carbonyl (C=O) groups is 7. The topological polar surface area (TPSA) is 168 Å². The predicted octanol–water partition coefficient (Wildman–Crippen LogP) is 4.06. The molecule has 0 aliphatic carbocycles. The summed E-state index contributed by atoms with van der Waals surface area (Å²) in [6, 6.07) is 18.7. The van der Waals surface area contributed by atoms with E-state index in [4.69, 9.17) is 9.47 Å². The largest absolute Gasteiger partial charge is 0.467 e. The normalized spacial score (nSPS) is 16.8. The molecule has 2 aliphatic rings. The minimum atomic E-state index is -1.24. The number of ketones is 1. The molecule has 3 atom stereocenters. The van der Waals surface area contributed by atoms with Crippen LogP contribution in [0, 0.1) is 5.92 Å². The maximum Gasteiger partial charge on any atom is 0.408 e. The highest BCUT2D eigenvalue weighted by molar-refractivity contribution is 6.42. The first-order valence-electron chi connectivity index (χ1n) is 17.4. The average Bonchev–Trinajstić information content (AvgIpc) is 3.49. The minimum Gasteiger partial charge on any atom is -0.467 e. The van der Waals surface area contributed by atoms with Crippen LogP contribution in [0.1, 0.15) is 83.5 Å². The van der Waals surface area contributed by atoms with Crippen LogP contribution >= 0.6 is 0 Å². The van der Waals surface area contributed by atoms with Crippen molar-refractivity contribution in [2.45, 2.75) is 77.7 Å². The van der Waals surface area contributed by atoms with Crippen LogP contribution in [0.4, 0.5) is 4.79 Å². The third-order valence-corrected chi connectivity index (χ3v) is 9.59. The summed E-state index contributed by atoms with van der Waals surface area (Å²) in [5, 5.41) is 5.15. The lowest BCUT2D eigenvalue weighted by molar-refractivity contribution is -0.155. The molecule has 5 amide bonds. The fourth-order valence-corrected chi connectivity index (χ4v) is 6.49. The molecule has 13 heteroatoms. The number of piperidine rings is 1. The summed E-state index contributed by atoms with van der Waals surface area (Å²) in [6.45, 7) is 7.51. The molecule has 0 bridgehead atoms. The molecule has 3 unspecified atom stereocenters. The highest BCUT2D eigenvalue weighted by Crippen LogP contribution is 2.32. The minimum absolute atomic E-state index is 0.0224. The van der Waals surface area contributed by atoms with Crippen LogP contribution in [-0.4, -0.2) is 77.0 Å². The van der Waals surface area contributed by atoms with Gasteiger partial charge in [0.15, 0.2) is 0 Å². The van der Waals surface area contributed by atoms with E-state index in [2.05, 4.69) is 31.4 Å². The number of hydrogen-bond acceptors (Lipinski definition) is 9. The molecular formula is C40H44N4O9. The van der Waals surface area contributed by atoms with Crippen LogP contribution < -0.4 is 10.6 Å². The van der Waals surface area contributed by atoms with Gasteiger partial charge in [0.2, 0.25) is 11.7 Å². The quantitative estimate of drug-likeness (QED) is 0.121. The van der Waals surface area contributed by atoms with E-state index >= 15 is 0 Å². The molecule has 3 aromatic carbocycles. The molecular weight excluding hydrogens is 680 g/mol. The zero-order valence-electron chi connectivity index (χ0n) is 30.5. The van der Waals surface area contributed by atoms with Crippen molar-refractivity contribution >= 4 is 41.5 Å². The maximum absolute atomic E-state index is 13.9. The second-order valence-electron chi connectivity index (χ2n) is 14.3. The van der Waals surface area contributed by atoms with Crippen LogP contribution in [0.5, 0.6) is 0 Å². The number of carbonyl (C=O) groups excluding carboxylic acids is 7. The summed E-state index contributed by atoms with van der Waals surface area (Å²) in [4.78, 5) is 94.1. The SMILES string of the molecule is COC(=O)C(NC(=O)OCc1ccccc1)C(C)CN1C(=O)CCC(N2Cc3c(CNC(=O)C(=O)c4ccc(C(C)(C)C)cc4)cccc3C2=O)C1=O. The first-order chi connectivity index (χ1) is 25.2. The van der Waals surface area contributed by atoms with Gasteiger partial charge in [-0.25, -0.2) is 9.59 Å². The number of methoxy groups -OCH3 is 1. The standard InChI is InChI=1S/C40H44N4O9/c1-24(33(38(50)52-5)42-39(51)53-23-25-10-7-6-8-11-25)21-44-32(45)19-18-31(37(44)49)43-22-30-27(12-9-13-29(30)36(43)48)20-41-35(47)34(46)26-14-16-28(17-15-26)40(2,3)4/h6-17,24,31,33H,18-23H2,1-5H3,(H,41,47)(H,42,51). The highest BCUT2D eigenvalue weighted by atomic mass is 16.6. The Hall–Kier alpha value is -5.85. The Morgan fingerprint density at radius 2 is 1.62 bits per heavy atom. The Morgan fingerprint density at radius 3 is 2.28 bits per heavy atom. The number of esters is 1. The van der Waals surface area contributed by atoms with E-state index in [0.29, 0.717) is 16.7 Å². The number of alkyl carbamates (subject to hydrolysis) is 1. The van der Waals surface area contributed by atoms with Crippen molar-refractivity contribution in [3.05, 3.63) is 106 Å². The monoisotopic (exact) mass is 724 g/mol. The molecule has 1 fully saturated rings. The number of imide groups is 1. The van der Waals surface area contributed by atoms with Crippen molar-refractivity contribution in [1.82, 2.24) is 20.4 Å². The summed E-state index contributed by atoms with van der Waals surface area (Å²) in [7, 11) is 1.16. The molecule has 53 heavy (non-hydrogen) atoms. The van der Waals surface area contributed by atoms with Gasteiger partial charge in [-0.3, -0.25) is 28.9 Å². The first-order valence-corrected chi connectivity index (χ1v) is 17.4. The lowest BCUT2D eigenvalue weighted by atomic mass is 9.86. The van der Waals surface area contributed by atoms with E-state index < -0.39 is 59.5 Å². The second kappa shape index (κ2) is 16.2. The average molecular weight is 725 g/mol. The lowest BCUT2D eigenvalue weighted by Gasteiger charge is -2.37. The van der Waals surface area contributed by atoms with Gasteiger partial charge in [-0.2, -0.15) is 0 Å². The van der Waals surface area contributed by atoms with Gasteiger partial charge in [0.05, 0.1) is 7.11 Å². The van der Waals surface area contributed by atoms with Crippen LogP contribution in [0.15, 0.2) is 72.8 Å². The molecule has 1 saturated heterocycles. The molecule has 0 aromatic heterocycles. The Morgan fingerprint density at radius 1 is 0.925 bits per heavy atom. The van der Waals surface area contributed by atoms with Crippen molar-refractivity contribution in [1.29, 1.82) is 0 Å². The van der Waals surface area contributed by atoms with Crippen LogP contribution in [0.25, 0.3) is 0 Å². The van der Waals surface area contributed by atoms with Gasteiger partial charge >= 0.3 is 12.1 Å². The Balaban J connectivity index is 1.23. The second-order valence-corrected chi connectivity index (χ2v) is 14.3. The lowest BCUT2D eigenvalue weighted by Crippen LogP contribution is -2.57. The predicted molar refractivity (Wildman–Crippen MR) is 192 cm³/mol. The number of hydrogen-bond donors (Lipinski definition) is 2. The number of amides is 5. The maximum atomic E-state index is 13.9. The molecule has 2 heterocycles. The van der Waals surface area contributed by atoms with Gasteiger partial charge in [-0.15, -0.1) is 0 Å². The Bertz CT molecular complexity index is 1900. The van der Waals surface area contributed by atoms with Gasteiger partial charge in [-0.1, -0.05) is 94.4 Å². The van der Waals surface area contributed by atoms with Crippen molar-refractivity contribution in [2.24, 2.45) is 5.92 Å². The van der Waals surface area contributed by atoms with Crippen molar-refractivity contribution in [3.63, 3.8) is 0 Å². The number of ether oxygens (including phenoxy) is 2. The smallest absolute Gasteiger partial charge is 0.408 e. The van der Waals surface area contributed by atoms with Crippen LogP contribution in [0.3, 0.4) is 0 Å². The van der Waals surface area contributed by atoms with Gasteiger partial charge in [0, 0.05) is 43.1 Å². The van der Waals surface area contributed by atoms with Crippen molar-refractivity contribution in [3.8, 4) is 0 Å². The first kappa shape index (κ1) is 38.4. The van der Waals surface area contributed by atoms with Gasteiger partial charge < -0.3 is 25.0 Å². The molecule has 13 nitrogen and oxygen atoms in total. The molecule has 5 rings (SSSR count). The van der Waals surface area contributed by atoms with Crippen molar-refractivity contribution in [2.75, 3.05) is 13.7 Å². The van der Waals surface area contributed by atoms with E-state index in [1.165, 1.54) is 4.90 Å². The van der Waals surface area contributed by atoms with E-state index in [1.54, 1.807) is 61.5 Å². The Labute approximate surface area is 308 Å². The third kappa shape index (κ3) is 8.79. The summed E-state index contributed by atoms with van der Waals surface area (Å²) in [6.07, 6.45) is -0.807. The third-order valence-electron chi connectivity index (χ3n) is 9.59. The molecule has 2 N–H and O–H groups in total. The van der Waals surface area contributed by atoms with Gasteiger partial charge in [0.25, 0.3) is 17.7 Å². The summed E-state index contributed by atoms with van der Waals surface area (Å²) in [5.41, 5.74) is 3.49. The summed E-state index contributed by atoms with van der Waals surface area (Å²) in [5.74, 6) is -4.52. The zero-order chi connectivity index (χ0) is 38.4. The van der Waals surface area contributed by atoms with Gasteiger partial charge in [-0.05, 0) is 40.2 Å². The Kier molecular flexibility index (Phi) is 11.7. The van der Waals surface area contributed by atoms with Gasteiger partial charge in [0.1, 0.15) is 18.7 Å². The summed E-state index contributed by atoms with van der Waals surface area (Å²) < 4.78 is 10.2. The summed E-state index contributed by atoms with van der Waals surface area (Å²) >= 11 is 0. The zero-order valence-corrected chi connectivity index (χ0v) is 30.5. The number of Topliss-reactive ketones (excluding diaryl/α,β-unsaturated/α-hetero) is 1. The molecule has 0 spiro atoms. The number of nitrogens with zero attached hydrogens (tertiary/aromatic N) is 2. The number of benzene rings is 3. The number of likely N-dealkylation sites (tertiary alicyclic amines) is 1. The molecule has 3 aromatic rings. The molecule has 2 aliphatic heterocycles. The molecule has 0 radical (unpaired) electrons. The molecule has 0 saturated carbocycles. The fourth-order valence-electron chi connectivity index (χ4n) is 6.49. The van der Waals surface area contributed by atoms with Crippen LogP contribution in [0.2, 0.25) is 0 Å². The van der Waals surface area contributed by atoms with Crippen LogP contribution in [-0.2, 0) is 53.8 Å². The number of nitrogens with one attached hydrogen (secondary N) is 2. The van der Waals surface area contributed by atoms with E-state index in [-0.39, 0.29) is 50.1 Å². The van der Waals surface area contributed by atoms with E-state index in [1.807, 2.05) is 18.2 Å². The van der Waals surface area contributed by atoms with Crippen molar-refractivity contribution < 1.29 is 43.0 Å². The number of fused-ring (bicyclic) bond motifs is 1. The fraction of sp³-hybridized carbons (Fsp3) is 0.375. The van der Waals surface area contributed by atoms with E-state index in [9.17, 15) is 33.6 Å². The number of rotatable bonds is 12. The molecule has 278 valence electrons.